The van der Waals surface area contributed by atoms with Gasteiger partial charge in [-0.25, -0.2) is 0 Å². The van der Waals surface area contributed by atoms with Crippen LogP contribution in [0, 0.1) is 18.8 Å². The molecule has 0 spiro atoms. The maximum absolute atomic E-state index is 12.7. The summed E-state index contributed by atoms with van der Waals surface area (Å²) in [5.74, 6) is 0.447. The van der Waals surface area contributed by atoms with Gasteiger partial charge in [0.15, 0.2) is 0 Å². The molecule has 1 N–H and O–H groups in total. The summed E-state index contributed by atoms with van der Waals surface area (Å²) >= 11 is 0. The average Bonchev–Trinajstić information content (AvgIpc) is 3.39. The maximum Gasteiger partial charge on any atom is 0.226 e. The molecule has 4 nitrogen and oxygen atoms in total. The average molecular weight is 314 g/mol. The van der Waals surface area contributed by atoms with Crippen LogP contribution in [0.3, 0.4) is 0 Å². The minimum atomic E-state index is -0.0706. The van der Waals surface area contributed by atoms with Crippen molar-refractivity contribution in [2.45, 2.75) is 45.6 Å². The van der Waals surface area contributed by atoms with E-state index in [0.29, 0.717) is 13.1 Å². The number of benzene rings is 1. The van der Waals surface area contributed by atoms with Crippen molar-refractivity contribution >= 4 is 11.8 Å². The van der Waals surface area contributed by atoms with Crippen molar-refractivity contribution in [3.63, 3.8) is 0 Å². The summed E-state index contributed by atoms with van der Waals surface area (Å²) in [4.78, 5) is 26.9. The van der Waals surface area contributed by atoms with E-state index in [9.17, 15) is 9.59 Å². The molecule has 2 atom stereocenters. The first-order chi connectivity index (χ1) is 11.1. The van der Waals surface area contributed by atoms with Crippen molar-refractivity contribution in [3.05, 3.63) is 35.4 Å². The van der Waals surface area contributed by atoms with Gasteiger partial charge in [-0.1, -0.05) is 29.8 Å². The second-order valence-electron chi connectivity index (χ2n) is 6.86. The molecule has 23 heavy (non-hydrogen) atoms. The summed E-state index contributed by atoms with van der Waals surface area (Å²) in [5, 5.41) is 2.91. The zero-order valence-electron chi connectivity index (χ0n) is 14.0. The van der Waals surface area contributed by atoms with Crippen molar-refractivity contribution in [1.29, 1.82) is 0 Å². The zero-order valence-corrected chi connectivity index (χ0v) is 14.0. The van der Waals surface area contributed by atoms with Gasteiger partial charge in [-0.2, -0.15) is 0 Å². The second-order valence-corrected chi connectivity index (χ2v) is 6.86. The Labute approximate surface area is 138 Å². The van der Waals surface area contributed by atoms with Crippen molar-refractivity contribution < 1.29 is 9.59 Å². The van der Waals surface area contributed by atoms with Crippen LogP contribution in [0.4, 0.5) is 0 Å². The number of hydrogen-bond donors (Lipinski definition) is 1. The van der Waals surface area contributed by atoms with Gasteiger partial charge in [0.1, 0.15) is 0 Å². The first-order valence-electron chi connectivity index (χ1n) is 8.75. The van der Waals surface area contributed by atoms with Crippen molar-refractivity contribution in [1.82, 2.24) is 10.2 Å². The minimum absolute atomic E-state index is 0.0706. The Morgan fingerprint density at radius 3 is 2.57 bits per heavy atom. The third-order valence-electron chi connectivity index (χ3n) is 4.94. The molecule has 0 bridgehead atoms. The third-order valence-corrected chi connectivity index (χ3v) is 4.94. The molecule has 4 heteroatoms. The van der Waals surface area contributed by atoms with Crippen molar-refractivity contribution in [2.75, 3.05) is 13.1 Å². The Morgan fingerprint density at radius 2 is 1.91 bits per heavy atom. The molecule has 124 valence electrons. The lowest BCUT2D eigenvalue weighted by molar-refractivity contribution is -0.140. The van der Waals surface area contributed by atoms with Crippen LogP contribution in [0.15, 0.2) is 24.3 Å². The molecule has 1 aromatic carbocycles. The van der Waals surface area contributed by atoms with Gasteiger partial charge in [-0.05, 0) is 45.1 Å². The molecule has 0 unspecified atom stereocenters. The summed E-state index contributed by atoms with van der Waals surface area (Å²) in [6, 6.07) is 8.53. The van der Waals surface area contributed by atoms with Gasteiger partial charge >= 0.3 is 0 Å². The highest BCUT2D eigenvalue weighted by atomic mass is 16.2. The molecule has 3 rings (SSSR count). The fourth-order valence-corrected chi connectivity index (χ4v) is 3.54. The molecular formula is C19H26N2O2. The first kappa shape index (κ1) is 16.0. The number of carbonyl (C=O) groups is 2. The lowest BCUT2D eigenvalue weighted by Crippen LogP contribution is -2.47. The monoisotopic (exact) mass is 314 g/mol. The largest absolute Gasteiger partial charge is 0.356 e. The fraction of sp³-hybridized carbons (Fsp3) is 0.579. The zero-order chi connectivity index (χ0) is 16.4. The number of piperidine rings is 1. The summed E-state index contributed by atoms with van der Waals surface area (Å²) in [7, 11) is 0. The van der Waals surface area contributed by atoms with Gasteiger partial charge in [-0.15, -0.1) is 0 Å². The smallest absolute Gasteiger partial charge is 0.226 e. The number of rotatable bonds is 4. The summed E-state index contributed by atoms with van der Waals surface area (Å²) in [5.41, 5.74) is 2.42. The fourth-order valence-electron chi connectivity index (χ4n) is 3.54. The molecule has 1 saturated heterocycles. The van der Waals surface area contributed by atoms with E-state index < -0.39 is 0 Å². The van der Waals surface area contributed by atoms with Gasteiger partial charge < -0.3 is 10.2 Å². The number of aryl methyl sites for hydroxylation is 1. The number of amides is 2. The molecule has 2 fully saturated rings. The van der Waals surface area contributed by atoms with Crippen LogP contribution in [0.2, 0.25) is 0 Å². The maximum atomic E-state index is 12.7. The minimum Gasteiger partial charge on any atom is -0.356 e. The van der Waals surface area contributed by atoms with E-state index in [4.69, 9.17) is 0 Å². The third kappa shape index (κ3) is 3.57. The van der Waals surface area contributed by atoms with Gasteiger partial charge in [-0.3, -0.25) is 9.59 Å². The topological polar surface area (TPSA) is 49.4 Å². The van der Waals surface area contributed by atoms with E-state index in [1.165, 1.54) is 11.1 Å². The standard InChI is InChI=1S/C19H26N2O2/c1-3-20-18(22)16-9-10-17(15-6-4-5-13(2)11-15)21(12-16)19(23)14-7-8-14/h4-6,11,14,16-17H,3,7-10,12H2,1-2H3,(H,20,22)/t16-,17-/m0/s1. The van der Waals surface area contributed by atoms with Crippen LogP contribution in [-0.4, -0.2) is 29.8 Å². The predicted molar refractivity (Wildman–Crippen MR) is 89.8 cm³/mol. The number of nitrogens with zero attached hydrogens (tertiary/aromatic N) is 1. The van der Waals surface area contributed by atoms with Crippen LogP contribution in [0.25, 0.3) is 0 Å². The number of hydrogen-bond acceptors (Lipinski definition) is 2. The van der Waals surface area contributed by atoms with Crippen LogP contribution in [0.1, 0.15) is 49.8 Å². The Bertz CT molecular complexity index is 595. The first-order valence-corrected chi connectivity index (χ1v) is 8.75. The molecular weight excluding hydrogens is 288 g/mol. The lowest BCUT2D eigenvalue weighted by Gasteiger charge is -2.39. The highest BCUT2D eigenvalue weighted by Crippen LogP contribution is 2.39. The van der Waals surface area contributed by atoms with E-state index >= 15 is 0 Å². The summed E-state index contributed by atoms with van der Waals surface area (Å²) in [6.07, 6.45) is 3.71. The van der Waals surface area contributed by atoms with Crippen molar-refractivity contribution in [3.8, 4) is 0 Å². The molecule has 2 amide bonds. The molecule has 1 saturated carbocycles. The molecule has 2 aliphatic rings. The SMILES string of the molecule is CCNC(=O)[C@H]1CC[C@@H](c2cccc(C)c2)N(C(=O)C2CC2)C1. The highest BCUT2D eigenvalue weighted by Gasteiger charge is 2.41. The Morgan fingerprint density at radius 1 is 1.17 bits per heavy atom. The number of carbonyl (C=O) groups excluding carboxylic acids is 2. The van der Waals surface area contributed by atoms with Crippen LogP contribution < -0.4 is 5.32 Å². The summed E-state index contributed by atoms with van der Waals surface area (Å²) < 4.78 is 0. The van der Waals surface area contributed by atoms with Crippen LogP contribution in [0.5, 0.6) is 0 Å². The Kier molecular flexibility index (Phi) is 4.69. The summed E-state index contributed by atoms with van der Waals surface area (Å²) in [6.45, 7) is 5.22. The molecule has 0 radical (unpaired) electrons. The predicted octanol–water partition coefficient (Wildman–Crippen LogP) is 2.82. The number of nitrogens with one attached hydrogen (secondary N) is 1. The van der Waals surface area contributed by atoms with Crippen molar-refractivity contribution in [2.24, 2.45) is 11.8 Å². The van der Waals surface area contributed by atoms with E-state index in [0.717, 1.165) is 25.7 Å². The Hall–Kier alpha value is -1.84. The molecule has 1 aromatic rings. The highest BCUT2D eigenvalue weighted by molar-refractivity contribution is 5.84. The molecule has 1 aliphatic carbocycles. The second kappa shape index (κ2) is 6.73. The molecule has 1 aliphatic heterocycles. The van der Waals surface area contributed by atoms with Crippen LogP contribution >= 0.6 is 0 Å². The van der Waals surface area contributed by atoms with E-state index in [1.54, 1.807) is 0 Å². The van der Waals surface area contributed by atoms with Gasteiger partial charge in [0.05, 0.1) is 12.0 Å². The van der Waals surface area contributed by atoms with E-state index in [1.807, 2.05) is 11.8 Å². The van der Waals surface area contributed by atoms with Gasteiger partial charge in [0.2, 0.25) is 11.8 Å². The van der Waals surface area contributed by atoms with Crippen LogP contribution in [-0.2, 0) is 9.59 Å². The number of likely N-dealkylation sites (tertiary alicyclic amines) is 1. The van der Waals surface area contributed by atoms with Gasteiger partial charge in [0.25, 0.3) is 0 Å². The molecule has 1 heterocycles. The van der Waals surface area contributed by atoms with E-state index in [-0.39, 0.29) is 29.7 Å². The van der Waals surface area contributed by atoms with E-state index in [2.05, 4.69) is 36.5 Å². The lowest BCUT2D eigenvalue weighted by atomic mass is 9.87. The molecule has 0 aromatic heterocycles. The normalized spacial score (nSPS) is 24.3. The van der Waals surface area contributed by atoms with Gasteiger partial charge in [0, 0.05) is 19.0 Å². The Balaban J connectivity index is 1.81. The quantitative estimate of drug-likeness (QED) is 0.929.